The minimum Gasteiger partial charge on any atom is -0.466 e. The number of alkyl halides is 1. The third kappa shape index (κ3) is 8.34. The number of ether oxygens (including phenoxy) is 2. The standard InChI is InChI=1S/C13H23ClO4/c1-3-17-12(15)9-8-11(7-5-6-10-14)13(16)18-4-2/h11H,3-10H2,1-2H3. The van der Waals surface area contributed by atoms with Crippen molar-refractivity contribution in [3.05, 3.63) is 0 Å². The second-order valence-corrected chi connectivity index (χ2v) is 4.36. The summed E-state index contributed by atoms with van der Waals surface area (Å²) in [6.45, 7) is 4.28. The van der Waals surface area contributed by atoms with Crippen LogP contribution in [0.4, 0.5) is 0 Å². The minimum atomic E-state index is -0.260. The molecule has 0 rings (SSSR count). The van der Waals surface area contributed by atoms with Crippen molar-refractivity contribution in [1.82, 2.24) is 0 Å². The summed E-state index contributed by atoms with van der Waals surface area (Å²) in [6.07, 6.45) is 3.20. The van der Waals surface area contributed by atoms with E-state index in [-0.39, 0.29) is 24.3 Å². The van der Waals surface area contributed by atoms with Gasteiger partial charge >= 0.3 is 11.9 Å². The normalized spacial score (nSPS) is 11.9. The summed E-state index contributed by atoms with van der Waals surface area (Å²) in [6, 6.07) is 0. The molecule has 0 heterocycles. The fraction of sp³-hybridized carbons (Fsp3) is 0.846. The summed E-state index contributed by atoms with van der Waals surface area (Å²) in [4.78, 5) is 23.0. The molecule has 0 N–H and O–H groups in total. The Bertz CT molecular complexity index is 243. The predicted octanol–water partition coefficient (Wildman–Crippen LogP) is 2.92. The third-order valence-corrected chi connectivity index (χ3v) is 2.83. The van der Waals surface area contributed by atoms with Gasteiger partial charge in [-0.2, -0.15) is 0 Å². The lowest BCUT2D eigenvalue weighted by atomic mass is 9.97. The van der Waals surface area contributed by atoms with Gasteiger partial charge in [0, 0.05) is 12.3 Å². The Morgan fingerprint density at radius 3 is 2.28 bits per heavy atom. The Morgan fingerprint density at radius 2 is 1.72 bits per heavy atom. The van der Waals surface area contributed by atoms with Crippen LogP contribution in [0.5, 0.6) is 0 Å². The molecule has 1 unspecified atom stereocenters. The maximum Gasteiger partial charge on any atom is 0.308 e. The van der Waals surface area contributed by atoms with E-state index in [4.69, 9.17) is 21.1 Å². The van der Waals surface area contributed by atoms with Crippen molar-refractivity contribution >= 4 is 23.5 Å². The molecule has 106 valence electrons. The van der Waals surface area contributed by atoms with Crippen LogP contribution in [0, 0.1) is 5.92 Å². The molecular weight excluding hydrogens is 256 g/mol. The first-order valence-electron chi connectivity index (χ1n) is 6.53. The van der Waals surface area contributed by atoms with Gasteiger partial charge in [-0.25, -0.2) is 0 Å². The number of hydrogen-bond acceptors (Lipinski definition) is 4. The number of unbranched alkanes of at least 4 members (excludes halogenated alkanes) is 1. The summed E-state index contributed by atoms with van der Waals surface area (Å²) in [5, 5.41) is 0. The quantitative estimate of drug-likeness (QED) is 0.350. The lowest BCUT2D eigenvalue weighted by Crippen LogP contribution is -2.19. The first-order valence-corrected chi connectivity index (χ1v) is 7.07. The predicted molar refractivity (Wildman–Crippen MR) is 70.6 cm³/mol. The van der Waals surface area contributed by atoms with E-state index in [1.54, 1.807) is 13.8 Å². The first kappa shape index (κ1) is 17.2. The van der Waals surface area contributed by atoms with Crippen molar-refractivity contribution in [2.45, 2.75) is 46.0 Å². The summed E-state index contributed by atoms with van der Waals surface area (Å²) >= 11 is 5.60. The average molecular weight is 279 g/mol. The largest absolute Gasteiger partial charge is 0.466 e. The van der Waals surface area contributed by atoms with E-state index in [9.17, 15) is 9.59 Å². The van der Waals surface area contributed by atoms with Crippen molar-refractivity contribution in [2.24, 2.45) is 5.92 Å². The van der Waals surface area contributed by atoms with E-state index in [1.165, 1.54) is 0 Å². The van der Waals surface area contributed by atoms with Gasteiger partial charge in [-0.15, -0.1) is 11.6 Å². The van der Waals surface area contributed by atoms with E-state index < -0.39 is 0 Å². The van der Waals surface area contributed by atoms with E-state index in [0.29, 0.717) is 31.9 Å². The maximum atomic E-state index is 11.7. The number of rotatable bonds is 10. The van der Waals surface area contributed by atoms with Gasteiger partial charge < -0.3 is 9.47 Å². The Kier molecular flexibility index (Phi) is 10.8. The highest BCUT2D eigenvalue weighted by atomic mass is 35.5. The van der Waals surface area contributed by atoms with E-state index in [0.717, 1.165) is 12.8 Å². The minimum absolute atomic E-state index is 0.224. The van der Waals surface area contributed by atoms with E-state index in [1.807, 2.05) is 0 Å². The summed E-state index contributed by atoms with van der Waals surface area (Å²) in [5.41, 5.74) is 0. The van der Waals surface area contributed by atoms with Crippen molar-refractivity contribution in [1.29, 1.82) is 0 Å². The van der Waals surface area contributed by atoms with Crippen LogP contribution < -0.4 is 0 Å². The Labute approximate surface area is 114 Å². The van der Waals surface area contributed by atoms with Gasteiger partial charge in [0.25, 0.3) is 0 Å². The number of carbonyl (C=O) groups is 2. The van der Waals surface area contributed by atoms with Crippen LogP contribution in [0.1, 0.15) is 46.0 Å². The van der Waals surface area contributed by atoms with Gasteiger partial charge in [-0.1, -0.05) is 6.42 Å². The van der Waals surface area contributed by atoms with Crippen molar-refractivity contribution in [2.75, 3.05) is 19.1 Å². The molecule has 5 heteroatoms. The Hall–Kier alpha value is -0.770. The highest BCUT2D eigenvalue weighted by Crippen LogP contribution is 2.17. The topological polar surface area (TPSA) is 52.6 Å². The number of esters is 2. The molecule has 0 aliphatic rings. The molecule has 0 aliphatic heterocycles. The molecule has 18 heavy (non-hydrogen) atoms. The summed E-state index contributed by atoms with van der Waals surface area (Å²) in [5.74, 6) is -0.119. The lowest BCUT2D eigenvalue weighted by Gasteiger charge is -2.14. The molecule has 0 fully saturated rings. The lowest BCUT2D eigenvalue weighted by molar-refractivity contribution is -0.149. The van der Waals surface area contributed by atoms with Crippen molar-refractivity contribution in [3.8, 4) is 0 Å². The van der Waals surface area contributed by atoms with Gasteiger partial charge in [-0.3, -0.25) is 9.59 Å². The van der Waals surface area contributed by atoms with Crippen LogP contribution >= 0.6 is 11.6 Å². The van der Waals surface area contributed by atoms with Gasteiger partial charge in [-0.05, 0) is 33.1 Å². The number of halogens is 1. The van der Waals surface area contributed by atoms with Crippen LogP contribution in [0.15, 0.2) is 0 Å². The Morgan fingerprint density at radius 1 is 1.06 bits per heavy atom. The van der Waals surface area contributed by atoms with Crippen LogP contribution in [-0.4, -0.2) is 31.0 Å². The highest BCUT2D eigenvalue weighted by Gasteiger charge is 2.20. The zero-order chi connectivity index (χ0) is 13.8. The molecule has 0 aromatic heterocycles. The molecule has 0 spiro atoms. The van der Waals surface area contributed by atoms with Crippen LogP contribution in [-0.2, 0) is 19.1 Å². The van der Waals surface area contributed by atoms with Crippen LogP contribution in [0.3, 0.4) is 0 Å². The number of carbonyl (C=O) groups excluding carboxylic acids is 2. The molecular formula is C13H23ClO4. The zero-order valence-electron chi connectivity index (χ0n) is 11.2. The maximum absolute atomic E-state index is 11.7. The zero-order valence-corrected chi connectivity index (χ0v) is 12.0. The molecule has 4 nitrogen and oxygen atoms in total. The van der Waals surface area contributed by atoms with Crippen LogP contribution in [0.25, 0.3) is 0 Å². The molecule has 0 saturated heterocycles. The summed E-state index contributed by atoms with van der Waals surface area (Å²) in [7, 11) is 0. The van der Waals surface area contributed by atoms with Gasteiger partial charge in [0.1, 0.15) is 0 Å². The fourth-order valence-corrected chi connectivity index (χ4v) is 1.84. The SMILES string of the molecule is CCOC(=O)CCC(CCCCCl)C(=O)OCC. The molecule has 0 saturated carbocycles. The number of hydrogen-bond donors (Lipinski definition) is 0. The average Bonchev–Trinajstić information content (AvgIpc) is 2.34. The molecule has 1 atom stereocenters. The van der Waals surface area contributed by atoms with Gasteiger partial charge in [0.05, 0.1) is 19.1 Å². The van der Waals surface area contributed by atoms with E-state index in [2.05, 4.69) is 0 Å². The highest BCUT2D eigenvalue weighted by molar-refractivity contribution is 6.17. The van der Waals surface area contributed by atoms with Gasteiger partial charge in [0.2, 0.25) is 0 Å². The van der Waals surface area contributed by atoms with Crippen molar-refractivity contribution < 1.29 is 19.1 Å². The monoisotopic (exact) mass is 278 g/mol. The molecule has 0 radical (unpaired) electrons. The van der Waals surface area contributed by atoms with Gasteiger partial charge in [0.15, 0.2) is 0 Å². The van der Waals surface area contributed by atoms with Crippen molar-refractivity contribution in [3.63, 3.8) is 0 Å². The Balaban J connectivity index is 4.10. The molecule has 0 bridgehead atoms. The molecule has 0 aromatic rings. The second kappa shape index (κ2) is 11.3. The smallest absolute Gasteiger partial charge is 0.308 e. The van der Waals surface area contributed by atoms with E-state index >= 15 is 0 Å². The second-order valence-electron chi connectivity index (χ2n) is 3.98. The fourth-order valence-electron chi connectivity index (χ4n) is 1.65. The first-order chi connectivity index (χ1) is 8.65. The summed E-state index contributed by atoms with van der Waals surface area (Å²) < 4.78 is 9.85. The third-order valence-electron chi connectivity index (χ3n) is 2.56. The molecule has 0 amide bonds. The molecule has 0 aromatic carbocycles. The van der Waals surface area contributed by atoms with Crippen LogP contribution in [0.2, 0.25) is 0 Å². The molecule has 0 aliphatic carbocycles.